The molecule has 0 aliphatic rings. The van der Waals surface area contributed by atoms with Gasteiger partial charge in [-0.15, -0.1) is 0 Å². The molecular formula is C19H17FN4O3. The molecular weight excluding hydrogens is 351 g/mol. The topological polar surface area (TPSA) is 77.7 Å². The Morgan fingerprint density at radius 2 is 1.89 bits per heavy atom. The number of hydrazone groups is 1. The number of ether oxygens (including phenoxy) is 2. The van der Waals surface area contributed by atoms with Gasteiger partial charge in [0.2, 0.25) is 5.88 Å². The molecule has 0 bridgehead atoms. The van der Waals surface area contributed by atoms with E-state index in [1.165, 1.54) is 37.6 Å². The number of hydrogen-bond donors (Lipinski definition) is 1. The molecule has 0 radical (unpaired) electrons. The molecule has 0 atom stereocenters. The van der Waals surface area contributed by atoms with Crippen LogP contribution in [0, 0.1) is 12.7 Å². The molecule has 0 aliphatic carbocycles. The van der Waals surface area contributed by atoms with E-state index >= 15 is 0 Å². The van der Waals surface area contributed by atoms with Crippen molar-refractivity contribution in [3.05, 3.63) is 71.7 Å². The van der Waals surface area contributed by atoms with Gasteiger partial charge in [0.05, 0.1) is 30.3 Å². The number of rotatable bonds is 5. The summed E-state index contributed by atoms with van der Waals surface area (Å²) in [7, 11) is 1.24. The largest absolute Gasteiger partial charge is 0.452 e. The van der Waals surface area contributed by atoms with Crippen LogP contribution >= 0.6 is 0 Å². The lowest BCUT2D eigenvalue weighted by Gasteiger charge is -2.10. The summed E-state index contributed by atoms with van der Waals surface area (Å²) in [6.07, 6.45) is 0.720. The number of carbonyl (C=O) groups excluding carboxylic acids is 1. The molecule has 0 saturated carbocycles. The number of hydrogen-bond acceptors (Lipinski definition) is 5. The highest BCUT2D eigenvalue weighted by atomic mass is 19.1. The van der Waals surface area contributed by atoms with Crippen molar-refractivity contribution in [1.82, 2.24) is 15.2 Å². The van der Waals surface area contributed by atoms with E-state index in [1.807, 2.05) is 30.3 Å². The second-order valence-electron chi connectivity index (χ2n) is 5.47. The Balaban J connectivity index is 2.02. The third-order valence-corrected chi connectivity index (χ3v) is 3.63. The fourth-order valence-corrected chi connectivity index (χ4v) is 2.32. The number of aryl methyl sites for hydroxylation is 1. The van der Waals surface area contributed by atoms with E-state index in [-0.39, 0.29) is 5.82 Å². The van der Waals surface area contributed by atoms with Crippen LogP contribution < -0.4 is 10.2 Å². The molecule has 1 aromatic heterocycles. The number of benzene rings is 2. The average molecular weight is 368 g/mol. The van der Waals surface area contributed by atoms with Crippen LogP contribution in [-0.2, 0) is 4.74 Å². The summed E-state index contributed by atoms with van der Waals surface area (Å²) in [4.78, 5) is 11.2. The Hall–Kier alpha value is -3.68. The molecule has 0 unspecified atom stereocenters. The average Bonchev–Trinajstić information content (AvgIpc) is 3.00. The number of nitrogens with one attached hydrogen (secondary N) is 1. The van der Waals surface area contributed by atoms with Gasteiger partial charge in [0.1, 0.15) is 11.6 Å². The van der Waals surface area contributed by atoms with Crippen LogP contribution in [0.5, 0.6) is 11.6 Å². The van der Waals surface area contributed by atoms with Crippen molar-refractivity contribution in [2.24, 2.45) is 5.10 Å². The first-order valence-electron chi connectivity index (χ1n) is 8.04. The molecule has 2 aromatic carbocycles. The molecule has 27 heavy (non-hydrogen) atoms. The van der Waals surface area contributed by atoms with E-state index in [1.54, 1.807) is 11.6 Å². The van der Waals surface area contributed by atoms with Crippen LogP contribution in [0.1, 0.15) is 11.3 Å². The SMILES string of the molecule is COC(=O)N/N=C\c1c(C)nn(-c2ccccc2)c1Oc1ccc(F)cc1. The molecule has 1 amide bonds. The monoisotopic (exact) mass is 368 g/mol. The summed E-state index contributed by atoms with van der Waals surface area (Å²) >= 11 is 0. The van der Waals surface area contributed by atoms with Gasteiger partial charge in [0.25, 0.3) is 0 Å². The second-order valence-corrected chi connectivity index (χ2v) is 5.47. The standard InChI is InChI=1S/C19H17FN4O3/c1-13-17(12-21-22-19(25)26-2)18(27-16-10-8-14(20)9-11-16)24(23-13)15-6-4-3-5-7-15/h3-12H,1-2H3,(H,22,25)/b21-12-. The molecule has 138 valence electrons. The predicted molar refractivity (Wildman–Crippen MR) is 97.9 cm³/mol. The number of carbonyl (C=O) groups is 1. The normalized spacial score (nSPS) is 10.8. The summed E-state index contributed by atoms with van der Waals surface area (Å²) in [6, 6.07) is 15.0. The number of aromatic nitrogens is 2. The summed E-state index contributed by atoms with van der Waals surface area (Å²) in [5.41, 5.74) is 4.18. The molecule has 1 N–H and O–H groups in total. The van der Waals surface area contributed by atoms with Crippen molar-refractivity contribution in [1.29, 1.82) is 0 Å². The highest BCUT2D eigenvalue weighted by Crippen LogP contribution is 2.29. The lowest BCUT2D eigenvalue weighted by molar-refractivity contribution is 0.171. The fraction of sp³-hybridized carbons (Fsp3) is 0.105. The molecule has 0 fully saturated rings. The zero-order chi connectivity index (χ0) is 19.2. The molecule has 7 nitrogen and oxygen atoms in total. The van der Waals surface area contributed by atoms with Gasteiger partial charge in [-0.3, -0.25) is 0 Å². The summed E-state index contributed by atoms with van der Waals surface area (Å²) in [5, 5.41) is 8.35. The first-order chi connectivity index (χ1) is 13.1. The van der Waals surface area contributed by atoms with Gasteiger partial charge in [0.15, 0.2) is 0 Å². The second kappa shape index (κ2) is 8.13. The van der Waals surface area contributed by atoms with E-state index in [2.05, 4.69) is 20.4 Å². The van der Waals surface area contributed by atoms with E-state index in [4.69, 9.17) is 4.74 Å². The van der Waals surface area contributed by atoms with Gasteiger partial charge in [-0.25, -0.2) is 14.6 Å². The highest BCUT2D eigenvalue weighted by Gasteiger charge is 2.18. The Bertz CT molecular complexity index is 953. The van der Waals surface area contributed by atoms with E-state index in [0.717, 1.165) is 5.69 Å². The molecule has 1 heterocycles. The minimum absolute atomic E-state index is 0.362. The maximum Gasteiger partial charge on any atom is 0.427 e. The van der Waals surface area contributed by atoms with Crippen LogP contribution in [0.3, 0.4) is 0 Å². The molecule has 0 saturated heterocycles. The van der Waals surface area contributed by atoms with Crippen LogP contribution in [0.25, 0.3) is 5.69 Å². The van der Waals surface area contributed by atoms with Crippen molar-refractivity contribution >= 4 is 12.3 Å². The molecule has 8 heteroatoms. The van der Waals surface area contributed by atoms with Gasteiger partial charge >= 0.3 is 6.09 Å². The first-order valence-corrected chi connectivity index (χ1v) is 8.04. The molecule has 3 rings (SSSR count). The Kier molecular flexibility index (Phi) is 5.46. The van der Waals surface area contributed by atoms with Gasteiger partial charge in [0, 0.05) is 0 Å². The number of amides is 1. The number of para-hydroxylation sites is 1. The zero-order valence-corrected chi connectivity index (χ0v) is 14.7. The van der Waals surface area contributed by atoms with E-state index in [0.29, 0.717) is 22.9 Å². The van der Waals surface area contributed by atoms with Crippen molar-refractivity contribution in [2.75, 3.05) is 7.11 Å². The number of nitrogens with zero attached hydrogens (tertiary/aromatic N) is 3. The zero-order valence-electron chi connectivity index (χ0n) is 14.7. The number of methoxy groups -OCH3 is 1. The highest BCUT2D eigenvalue weighted by molar-refractivity contribution is 5.85. The van der Waals surface area contributed by atoms with Gasteiger partial charge in [-0.2, -0.15) is 14.9 Å². The van der Waals surface area contributed by atoms with E-state index in [9.17, 15) is 9.18 Å². The fourth-order valence-electron chi connectivity index (χ4n) is 2.32. The van der Waals surface area contributed by atoms with Gasteiger partial charge < -0.3 is 9.47 Å². The Labute approximate surface area is 155 Å². The van der Waals surface area contributed by atoms with Gasteiger partial charge in [-0.05, 0) is 43.3 Å². The lowest BCUT2D eigenvalue weighted by atomic mass is 10.2. The van der Waals surface area contributed by atoms with Crippen LogP contribution in [0.2, 0.25) is 0 Å². The van der Waals surface area contributed by atoms with Crippen LogP contribution in [-0.4, -0.2) is 29.2 Å². The van der Waals surface area contributed by atoms with Crippen molar-refractivity contribution < 1.29 is 18.7 Å². The van der Waals surface area contributed by atoms with Crippen molar-refractivity contribution in [2.45, 2.75) is 6.92 Å². The maximum absolute atomic E-state index is 13.2. The Morgan fingerprint density at radius 3 is 2.56 bits per heavy atom. The maximum atomic E-state index is 13.2. The first kappa shape index (κ1) is 18.1. The third-order valence-electron chi connectivity index (χ3n) is 3.63. The van der Waals surface area contributed by atoms with Crippen LogP contribution in [0.4, 0.5) is 9.18 Å². The smallest absolute Gasteiger partial charge is 0.427 e. The van der Waals surface area contributed by atoms with Crippen molar-refractivity contribution in [3.63, 3.8) is 0 Å². The van der Waals surface area contributed by atoms with Crippen molar-refractivity contribution in [3.8, 4) is 17.3 Å². The predicted octanol–water partition coefficient (Wildman–Crippen LogP) is 3.80. The number of halogens is 1. The Morgan fingerprint density at radius 1 is 1.19 bits per heavy atom. The molecule has 0 spiro atoms. The lowest BCUT2D eigenvalue weighted by Crippen LogP contribution is -2.16. The van der Waals surface area contributed by atoms with Gasteiger partial charge in [-0.1, -0.05) is 18.2 Å². The summed E-state index contributed by atoms with van der Waals surface area (Å²) in [6.45, 7) is 1.79. The molecule has 0 aliphatic heterocycles. The summed E-state index contributed by atoms with van der Waals surface area (Å²) < 4.78 is 25.2. The summed E-state index contributed by atoms with van der Waals surface area (Å²) in [5.74, 6) is 0.448. The minimum Gasteiger partial charge on any atom is -0.452 e. The minimum atomic E-state index is -0.694. The molecule has 3 aromatic rings. The van der Waals surface area contributed by atoms with E-state index < -0.39 is 6.09 Å². The quantitative estimate of drug-likeness (QED) is 0.549. The van der Waals surface area contributed by atoms with Crippen LogP contribution in [0.15, 0.2) is 59.7 Å². The third kappa shape index (κ3) is 4.30.